The first kappa shape index (κ1) is 32.7. The van der Waals surface area contributed by atoms with Crippen LogP contribution in [0.15, 0.2) is 119 Å². The van der Waals surface area contributed by atoms with Gasteiger partial charge in [-0.3, -0.25) is 14.2 Å². The maximum atomic E-state index is 13.9. The maximum absolute atomic E-state index is 13.9. The topological polar surface area (TPSA) is 122 Å². The Morgan fingerprint density at radius 3 is 2.33 bits per heavy atom. The molecule has 1 N–H and O–H groups in total. The zero-order valence-corrected chi connectivity index (χ0v) is 27.5. The SMILES string of the molecule is N#C/C(C(=O)Nc1cccc(S(=O)(=O)N2CCCCC2)c1)=c1/s/c(=C\c2cccc(OCc3ccccc3)c2)c(=O)n1-c1ccccc1. The van der Waals surface area contributed by atoms with Gasteiger partial charge in [-0.25, -0.2) is 8.42 Å². The van der Waals surface area contributed by atoms with E-state index in [4.69, 9.17) is 4.74 Å². The predicted octanol–water partition coefficient (Wildman–Crippen LogP) is 4.79. The van der Waals surface area contributed by atoms with Gasteiger partial charge in [0.2, 0.25) is 10.0 Å². The van der Waals surface area contributed by atoms with Crippen LogP contribution >= 0.6 is 11.3 Å². The second-order valence-electron chi connectivity index (χ2n) is 11.2. The molecule has 0 aliphatic carbocycles. The van der Waals surface area contributed by atoms with E-state index in [1.165, 1.54) is 21.0 Å². The van der Waals surface area contributed by atoms with Crippen LogP contribution in [0, 0.1) is 11.3 Å². The highest BCUT2D eigenvalue weighted by Gasteiger charge is 2.26. The van der Waals surface area contributed by atoms with E-state index >= 15 is 0 Å². The number of nitriles is 1. The molecule has 1 aromatic heterocycles. The van der Waals surface area contributed by atoms with Crippen LogP contribution in [0.2, 0.25) is 0 Å². The third-order valence-corrected chi connectivity index (χ3v) is 10.8. The van der Waals surface area contributed by atoms with Crippen molar-refractivity contribution >= 4 is 44.6 Å². The van der Waals surface area contributed by atoms with E-state index in [-0.39, 0.29) is 20.8 Å². The van der Waals surface area contributed by atoms with Crippen molar-refractivity contribution in [2.45, 2.75) is 30.8 Å². The quantitative estimate of drug-likeness (QED) is 0.240. The summed E-state index contributed by atoms with van der Waals surface area (Å²) < 4.78 is 35.7. The summed E-state index contributed by atoms with van der Waals surface area (Å²) in [5, 5.41) is 12.9. The Morgan fingerprint density at radius 2 is 1.60 bits per heavy atom. The van der Waals surface area contributed by atoms with Crippen LogP contribution < -0.4 is 24.8 Å². The Labute approximate surface area is 282 Å². The molecule has 1 fully saturated rings. The number of para-hydroxylation sites is 1. The van der Waals surface area contributed by atoms with Crippen LogP contribution in [0.25, 0.3) is 17.3 Å². The smallest absolute Gasteiger partial charge is 0.273 e. The number of benzene rings is 4. The van der Waals surface area contributed by atoms with E-state index in [1.54, 1.807) is 48.5 Å². The number of nitrogens with one attached hydrogen (secondary N) is 1. The first-order valence-electron chi connectivity index (χ1n) is 15.5. The average Bonchev–Trinajstić information content (AvgIpc) is 3.43. The van der Waals surface area contributed by atoms with Crippen molar-refractivity contribution < 1.29 is 17.9 Å². The fourth-order valence-electron chi connectivity index (χ4n) is 5.43. The molecule has 5 aromatic rings. The minimum Gasteiger partial charge on any atom is -0.489 e. The molecule has 1 amide bonds. The zero-order chi connectivity index (χ0) is 33.5. The summed E-state index contributed by atoms with van der Waals surface area (Å²) in [5.74, 6) is -0.139. The molecule has 2 heterocycles. The summed E-state index contributed by atoms with van der Waals surface area (Å²) in [6, 6.07) is 33.9. The number of rotatable bonds is 9. The maximum Gasteiger partial charge on any atom is 0.273 e. The van der Waals surface area contributed by atoms with E-state index in [1.807, 2.05) is 60.7 Å². The molecule has 0 atom stereocenters. The van der Waals surface area contributed by atoms with E-state index in [2.05, 4.69) is 5.32 Å². The van der Waals surface area contributed by atoms with Gasteiger partial charge >= 0.3 is 0 Å². The summed E-state index contributed by atoms with van der Waals surface area (Å²) in [7, 11) is -3.74. The lowest BCUT2D eigenvalue weighted by Gasteiger charge is -2.26. The first-order valence-corrected chi connectivity index (χ1v) is 17.7. The zero-order valence-electron chi connectivity index (χ0n) is 25.9. The van der Waals surface area contributed by atoms with Crippen LogP contribution in [-0.2, 0) is 21.4 Å². The Hall–Kier alpha value is -5.28. The fourth-order valence-corrected chi connectivity index (χ4v) is 8.09. The highest BCUT2D eigenvalue weighted by molar-refractivity contribution is 7.89. The summed E-state index contributed by atoms with van der Waals surface area (Å²) in [6.07, 6.45) is 4.29. The number of carbonyl (C=O) groups excluding carboxylic acids is 1. The molecule has 0 spiro atoms. The highest BCUT2D eigenvalue weighted by Crippen LogP contribution is 2.23. The average molecular weight is 677 g/mol. The normalized spacial score (nSPS) is 14.6. The summed E-state index contributed by atoms with van der Waals surface area (Å²) in [6.45, 7) is 1.28. The molecule has 1 aliphatic heterocycles. The number of carbonyl (C=O) groups is 1. The molecule has 242 valence electrons. The van der Waals surface area contributed by atoms with Crippen molar-refractivity contribution in [3.8, 4) is 17.5 Å². The molecule has 6 rings (SSSR count). The largest absolute Gasteiger partial charge is 0.489 e. The van der Waals surface area contributed by atoms with Gasteiger partial charge in [0.1, 0.15) is 23.1 Å². The van der Waals surface area contributed by atoms with E-state index in [0.29, 0.717) is 41.2 Å². The number of thiazole rings is 1. The van der Waals surface area contributed by atoms with E-state index in [9.17, 15) is 23.3 Å². The summed E-state index contributed by atoms with van der Waals surface area (Å²) in [4.78, 5) is 27.6. The van der Waals surface area contributed by atoms with Crippen LogP contribution in [0.1, 0.15) is 30.4 Å². The number of aromatic nitrogens is 1. The van der Waals surface area contributed by atoms with Gasteiger partial charge < -0.3 is 10.1 Å². The lowest BCUT2D eigenvalue weighted by molar-refractivity contribution is -0.111. The molecular formula is C37H32N4O5S2. The highest BCUT2D eigenvalue weighted by atomic mass is 32.2. The number of ether oxygens (including phenoxy) is 1. The van der Waals surface area contributed by atoms with Crippen molar-refractivity contribution in [2.24, 2.45) is 0 Å². The van der Waals surface area contributed by atoms with Crippen molar-refractivity contribution in [1.82, 2.24) is 8.87 Å². The summed E-state index contributed by atoms with van der Waals surface area (Å²) >= 11 is 1.02. The van der Waals surface area contributed by atoms with Gasteiger partial charge in [-0.15, -0.1) is 11.3 Å². The summed E-state index contributed by atoms with van der Waals surface area (Å²) in [5.41, 5.74) is 1.75. The van der Waals surface area contributed by atoms with Crippen LogP contribution in [0.5, 0.6) is 5.75 Å². The molecule has 0 radical (unpaired) electrons. The second-order valence-corrected chi connectivity index (χ2v) is 14.1. The molecule has 1 saturated heterocycles. The third-order valence-electron chi connectivity index (χ3n) is 7.84. The lowest BCUT2D eigenvalue weighted by Crippen LogP contribution is -2.35. The molecule has 4 aromatic carbocycles. The molecule has 0 bridgehead atoms. The van der Waals surface area contributed by atoms with Crippen LogP contribution in [0.4, 0.5) is 5.69 Å². The number of sulfonamides is 1. The molecule has 1 aliphatic rings. The van der Waals surface area contributed by atoms with Gasteiger partial charge in [0.25, 0.3) is 11.5 Å². The molecule has 0 unspecified atom stereocenters. The Kier molecular flexibility index (Phi) is 9.96. The molecule has 48 heavy (non-hydrogen) atoms. The van der Waals surface area contributed by atoms with Crippen molar-refractivity contribution in [3.63, 3.8) is 0 Å². The number of piperidine rings is 1. The van der Waals surface area contributed by atoms with Gasteiger partial charge in [0.15, 0.2) is 5.57 Å². The monoisotopic (exact) mass is 676 g/mol. The van der Waals surface area contributed by atoms with Crippen LogP contribution in [-0.4, -0.2) is 36.3 Å². The second kappa shape index (κ2) is 14.6. The van der Waals surface area contributed by atoms with Gasteiger partial charge in [0, 0.05) is 18.8 Å². The van der Waals surface area contributed by atoms with E-state index < -0.39 is 21.5 Å². The Bertz CT molecular complexity index is 2270. The lowest BCUT2D eigenvalue weighted by atomic mass is 10.2. The van der Waals surface area contributed by atoms with E-state index in [0.717, 1.165) is 36.2 Å². The molecular weight excluding hydrogens is 645 g/mol. The third kappa shape index (κ3) is 7.31. The van der Waals surface area contributed by atoms with Crippen LogP contribution in [0.3, 0.4) is 0 Å². The Balaban J connectivity index is 1.37. The standard InChI is InChI=1S/C37H32N4O5S2/c38-25-33(35(42)39-29-15-11-19-32(24-29)48(44,45)40-20-8-3-9-21-40)37-41(30-16-6-2-7-17-30)36(43)34(47-37)23-28-14-10-18-31(22-28)46-26-27-12-4-1-5-13-27/h1-2,4-7,10-19,22-24H,3,8-9,20-21,26H2,(H,39,42)/b34-23-,37-33-. The first-order chi connectivity index (χ1) is 23.3. The molecule has 9 nitrogen and oxygen atoms in total. The fraction of sp³-hybridized carbons (Fsp3) is 0.162. The number of amides is 1. The molecule has 11 heteroatoms. The number of hydrogen-bond acceptors (Lipinski definition) is 7. The number of nitrogens with zero attached hydrogens (tertiary/aromatic N) is 3. The molecule has 0 saturated carbocycles. The number of hydrogen-bond donors (Lipinski definition) is 1. The van der Waals surface area contributed by atoms with Crippen molar-refractivity contribution in [2.75, 3.05) is 18.4 Å². The predicted molar refractivity (Wildman–Crippen MR) is 187 cm³/mol. The minimum absolute atomic E-state index is 0.0601. The minimum atomic E-state index is -3.74. The van der Waals surface area contributed by atoms with Crippen molar-refractivity contribution in [1.29, 1.82) is 5.26 Å². The van der Waals surface area contributed by atoms with Gasteiger partial charge in [0.05, 0.1) is 15.1 Å². The van der Waals surface area contributed by atoms with Gasteiger partial charge in [-0.1, -0.05) is 73.2 Å². The Morgan fingerprint density at radius 1 is 0.896 bits per heavy atom. The van der Waals surface area contributed by atoms with Gasteiger partial charge in [-0.05, 0) is 72.5 Å². The van der Waals surface area contributed by atoms with Crippen molar-refractivity contribution in [3.05, 3.63) is 140 Å². The number of anilines is 1. The van der Waals surface area contributed by atoms with Gasteiger partial charge in [-0.2, -0.15) is 9.57 Å².